The lowest BCUT2D eigenvalue weighted by atomic mass is 10.1. The summed E-state index contributed by atoms with van der Waals surface area (Å²) in [7, 11) is 2.67. The molecule has 0 aliphatic rings. The van der Waals surface area contributed by atoms with Gasteiger partial charge in [0.15, 0.2) is 0 Å². The van der Waals surface area contributed by atoms with E-state index in [0.717, 1.165) is 15.2 Å². The summed E-state index contributed by atoms with van der Waals surface area (Å²) in [5.41, 5.74) is 4.42. The Balaban J connectivity index is 2.40. The number of primary amides is 1. The monoisotopic (exact) mass is 316 g/mol. The molecule has 1 heterocycles. The van der Waals surface area contributed by atoms with Gasteiger partial charge in [-0.1, -0.05) is 30.3 Å². The maximum atomic E-state index is 12.3. The lowest BCUT2D eigenvalue weighted by Gasteiger charge is -2.17. The summed E-state index contributed by atoms with van der Waals surface area (Å²) in [6.07, 6.45) is 0. The Kier molecular flexibility index (Phi) is 4.44. The second-order valence-electron chi connectivity index (χ2n) is 4.99. The van der Waals surface area contributed by atoms with Crippen molar-refractivity contribution in [3.8, 4) is 0 Å². The third-order valence-corrected chi connectivity index (χ3v) is 3.45. The Bertz CT molecular complexity index is 867. The van der Waals surface area contributed by atoms with Crippen LogP contribution in [0.3, 0.4) is 0 Å². The number of nitrogens with one attached hydrogen (secondary N) is 1. The van der Waals surface area contributed by atoms with Crippen LogP contribution in [-0.2, 0) is 18.9 Å². The quantitative estimate of drug-likeness (QED) is 0.755. The fraction of sp³-hybridized carbons (Fsp3) is 0.200. The number of benzene rings is 1. The lowest BCUT2D eigenvalue weighted by molar-refractivity contribution is -0.120. The smallest absolute Gasteiger partial charge is 0.331 e. The van der Waals surface area contributed by atoms with Gasteiger partial charge >= 0.3 is 5.69 Å². The molecule has 3 N–H and O–H groups in total. The number of carbonyl (C=O) groups excluding carboxylic acids is 2. The molecule has 0 bridgehead atoms. The second-order valence-corrected chi connectivity index (χ2v) is 4.99. The number of rotatable bonds is 4. The molecule has 2 aromatic rings. The molecule has 0 aliphatic carbocycles. The fourth-order valence-corrected chi connectivity index (χ4v) is 2.12. The first kappa shape index (κ1) is 16.2. The van der Waals surface area contributed by atoms with Crippen LogP contribution in [0.5, 0.6) is 0 Å². The molecule has 0 fully saturated rings. The van der Waals surface area contributed by atoms with Crippen LogP contribution >= 0.6 is 0 Å². The molecule has 8 nitrogen and oxygen atoms in total. The molecule has 0 saturated heterocycles. The molecule has 23 heavy (non-hydrogen) atoms. The lowest BCUT2D eigenvalue weighted by Crippen LogP contribution is -2.43. The minimum absolute atomic E-state index is 0.153. The minimum atomic E-state index is -1.07. The third-order valence-electron chi connectivity index (χ3n) is 3.45. The predicted molar refractivity (Wildman–Crippen MR) is 82.8 cm³/mol. The van der Waals surface area contributed by atoms with Gasteiger partial charge < -0.3 is 11.1 Å². The van der Waals surface area contributed by atoms with Gasteiger partial charge in [-0.3, -0.25) is 23.5 Å². The molecule has 1 aromatic heterocycles. The fourth-order valence-electron chi connectivity index (χ4n) is 2.12. The molecule has 0 unspecified atom stereocenters. The third kappa shape index (κ3) is 3.20. The topological polar surface area (TPSA) is 116 Å². The van der Waals surface area contributed by atoms with E-state index in [1.54, 1.807) is 30.3 Å². The van der Waals surface area contributed by atoms with Crippen LogP contribution in [0.25, 0.3) is 0 Å². The van der Waals surface area contributed by atoms with Gasteiger partial charge in [-0.25, -0.2) is 4.79 Å². The highest BCUT2D eigenvalue weighted by Gasteiger charge is 2.22. The van der Waals surface area contributed by atoms with E-state index in [9.17, 15) is 19.2 Å². The summed E-state index contributed by atoms with van der Waals surface area (Å²) >= 11 is 0. The zero-order valence-corrected chi connectivity index (χ0v) is 12.6. The number of amides is 2. The number of nitrogens with zero attached hydrogens (tertiary/aromatic N) is 2. The number of aromatic nitrogens is 2. The van der Waals surface area contributed by atoms with Crippen molar-refractivity contribution in [1.82, 2.24) is 14.5 Å². The van der Waals surface area contributed by atoms with Gasteiger partial charge in [0.25, 0.3) is 11.5 Å². The minimum Gasteiger partial charge on any atom is -0.368 e. The largest absolute Gasteiger partial charge is 0.368 e. The van der Waals surface area contributed by atoms with E-state index < -0.39 is 29.1 Å². The van der Waals surface area contributed by atoms with Gasteiger partial charge in [0.2, 0.25) is 5.91 Å². The average Bonchev–Trinajstić information content (AvgIpc) is 2.54. The Hall–Kier alpha value is -3.16. The molecule has 0 saturated carbocycles. The maximum absolute atomic E-state index is 12.3. The molecule has 0 radical (unpaired) electrons. The molecule has 0 spiro atoms. The zero-order chi connectivity index (χ0) is 17.1. The Morgan fingerprint density at radius 2 is 1.70 bits per heavy atom. The van der Waals surface area contributed by atoms with E-state index in [1.165, 1.54) is 14.1 Å². The molecular weight excluding hydrogens is 300 g/mol. The van der Waals surface area contributed by atoms with Gasteiger partial charge in [-0.15, -0.1) is 0 Å². The summed E-state index contributed by atoms with van der Waals surface area (Å²) < 4.78 is 1.90. The number of nitrogens with two attached hydrogens (primary N) is 1. The van der Waals surface area contributed by atoms with Crippen molar-refractivity contribution in [2.24, 2.45) is 19.8 Å². The highest BCUT2D eigenvalue weighted by molar-refractivity contribution is 5.96. The first-order chi connectivity index (χ1) is 10.8. The summed E-state index contributed by atoms with van der Waals surface area (Å²) in [5, 5.41) is 2.44. The maximum Gasteiger partial charge on any atom is 0.331 e. The summed E-state index contributed by atoms with van der Waals surface area (Å²) in [6.45, 7) is 0. The molecule has 1 atom stereocenters. The summed E-state index contributed by atoms with van der Waals surface area (Å²) in [6, 6.07) is 8.39. The van der Waals surface area contributed by atoms with Gasteiger partial charge in [0.05, 0.1) is 0 Å². The van der Waals surface area contributed by atoms with Crippen molar-refractivity contribution in [3.63, 3.8) is 0 Å². The van der Waals surface area contributed by atoms with Gasteiger partial charge in [-0.2, -0.15) is 0 Å². The summed E-state index contributed by atoms with van der Waals surface area (Å²) in [5.74, 6) is -1.49. The second kappa shape index (κ2) is 6.30. The van der Waals surface area contributed by atoms with E-state index in [2.05, 4.69) is 5.32 Å². The standard InChI is InChI=1S/C15H16N4O4/c1-18-10(8-11(20)19(2)15(18)23)14(22)17-12(13(16)21)9-6-4-3-5-7-9/h3-8,12H,1-2H3,(H2,16,21)(H,17,22)/t12-/m0/s1. The predicted octanol–water partition coefficient (Wildman–Crippen LogP) is -0.960. The first-order valence-corrected chi connectivity index (χ1v) is 6.75. The summed E-state index contributed by atoms with van der Waals surface area (Å²) in [4.78, 5) is 47.5. The van der Waals surface area contributed by atoms with Gasteiger partial charge in [0.1, 0.15) is 11.7 Å². The molecule has 2 amide bonds. The Morgan fingerprint density at radius 1 is 1.09 bits per heavy atom. The van der Waals surface area contributed by atoms with Crippen LogP contribution < -0.4 is 22.3 Å². The molecule has 2 rings (SSSR count). The van der Waals surface area contributed by atoms with Crippen molar-refractivity contribution in [2.75, 3.05) is 0 Å². The highest BCUT2D eigenvalue weighted by Crippen LogP contribution is 2.12. The highest BCUT2D eigenvalue weighted by atomic mass is 16.2. The van der Waals surface area contributed by atoms with Crippen LogP contribution in [0.1, 0.15) is 22.1 Å². The molecule has 120 valence electrons. The van der Waals surface area contributed by atoms with E-state index in [1.807, 2.05) is 0 Å². The molecular formula is C15H16N4O4. The zero-order valence-electron chi connectivity index (χ0n) is 12.6. The van der Waals surface area contributed by atoms with Crippen LogP contribution in [0.2, 0.25) is 0 Å². The van der Waals surface area contributed by atoms with E-state index in [4.69, 9.17) is 5.73 Å². The van der Waals surface area contributed by atoms with Crippen molar-refractivity contribution < 1.29 is 9.59 Å². The Labute approximate surface area is 131 Å². The van der Waals surface area contributed by atoms with Crippen LogP contribution in [0.15, 0.2) is 46.0 Å². The van der Waals surface area contributed by atoms with Gasteiger partial charge in [-0.05, 0) is 5.56 Å². The first-order valence-electron chi connectivity index (χ1n) is 6.75. The van der Waals surface area contributed by atoms with Crippen LogP contribution in [0.4, 0.5) is 0 Å². The van der Waals surface area contributed by atoms with E-state index in [0.29, 0.717) is 5.56 Å². The van der Waals surface area contributed by atoms with Crippen molar-refractivity contribution >= 4 is 11.8 Å². The average molecular weight is 316 g/mol. The molecule has 0 aliphatic heterocycles. The Morgan fingerprint density at radius 3 is 2.26 bits per heavy atom. The van der Waals surface area contributed by atoms with Gasteiger partial charge in [0, 0.05) is 20.2 Å². The molecule has 1 aromatic carbocycles. The van der Waals surface area contributed by atoms with Crippen molar-refractivity contribution in [2.45, 2.75) is 6.04 Å². The molecule has 8 heteroatoms. The van der Waals surface area contributed by atoms with Crippen molar-refractivity contribution in [1.29, 1.82) is 0 Å². The number of carbonyl (C=O) groups is 2. The normalized spacial score (nSPS) is 11.7. The number of hydrogen-bond acceptors (Lipinski definition) is 4. The number of hydrogen-bond donors (Lipinski definition) is 2. The van der Waals surface area contributed by atoms with E-state index >= 15 is 0 Å². The SMILES string of the molecule is Cn1c(C(=O)N[C@H](C(N)=O)c2ccccc2)cc(=O)n(C)c1=O. The van der Waals surface area contributed by atoms with Crippen LogP contribution in [0, 0.1) is 0 Å². The van der Waals surface area contributed by atoms with Crippen LogP contribution in [-0.4, -0.2) is 20.9 Å². The van der Waals surface area contributed by atoms with E-state index in [-0.39, 0.29) is 5.69 Å². The van der Waals surface area contributed by atoms with Crippen molar-refractivity contribution in [3.05, 3.63) is 68.5 Å².